The summed E-state index contributed by atoms with van der Waals surface area (Å²) in [5.74, 6) is -1.50. The Morgan fingerprint density at radius 3 is 2.29 bits per heavy atom. The van der Waals surface area contributed by atoms with Gasteiger partial charge >= 0.3 is 12.1 Å². The Balaban J connectivity index is 1.71. The first-order valence-corrected chi connectivity index (χ1v) is 9.92. The van der Waals surface area contributed by atoms with Crippen molar-refractivity contribution in [3.8, 4) is 5.75 Å². The van der Waals surface area contributed by atoms with Crippen molar-refractivity contribution >= 4 is 17.5 Å². The summed E-state index contributed by atoms with van der Waals surface area (Å²) in [6.07, 6.45) is -4.18. The van der Waals surface area contributed by atoms with Crippen molar-refractivity contribution in [2.45, 2.75) is 51.7 Å². The van der Waals surface area contributed by atoms with Gasteiger partial charge in [-0.1, -0.05) is 45.0 Å². The Morgan fingerprint density at radius 1 is 1.00 bits per heavy atom. The van der Waals surface area contributed by atoms with E-state index in [9.17, 15) is 22.8 Å². The van der Waals surface area contributed by atoms with E-state index in [-0.39, 0.29) is 30.0 Å². The van der Waals surface area contributed by atoms with Crippen LogP contribution in [0.2, 0.25) is 0 Å². The standard InChI is InChI=1S/C23H27F3N2O3/c1-22(2,3)17-9-11-19(12-10-17)31-13-5-8-20(29)27-15-16-6-4-7-18(14-16)28-21(30)23(24,25)26/h4,6-7,9-12,14H,5,8,13,15H2,1-3H3,(H,27,29)(H,28,30). The van der Waals surface area contributed by atoms with Gasteiger partial charge in [-0.15, -0.1) is 0 Å². The molecule has 31 heavy (non-hydrogen) atoms. The van der Waals surface area contributed by atoms with Gasteiger partial charge in [0.05, 0.1) is 6.61 Å². The molecule has 0 unspecified atom stereocenters. The van der Waals surface area contributed by atoms with Gasteiger partial charge in [0, 0.05) is 18.7 Å². The van der Waals surface area contributed by atoms with Gasteiger partial charge in [-0.25, -0.2) is 0 Å². The molecule has 0 aromatic heterocycles. The monoisotopic (exact) mass is 436 g/mol. The third-order valence-corrected chi connectivity index (χ3v) is 4.47. The van der Waals surface area contributed by atoms with E-state index in [0.717, 1.165) is 5.75 Å². The lowest BCUT2D eigenvalue weighted by Gasteiger charge is -2.19. The second-order valence-corrected chi connectivity index (χ2v) is 8.16. The summed E-state index contributed by atoms with van der Waals surface area (Å²) in [7, 11) is 0. The fourth-order valence-electron chi connectivity index (χ4n) is 2.72. The number of amides is 2. The molecule has 0 aliphatic carbocycles. The summed E-state index contributed by atoms with van der Waals surface area (Å²) in [5, 5.41) is 4.49. The first kappa shape index (κ1) is 24.2. The molecule has 2 aromatic carbocycles. The molecule has 0 saturated heterocycles. The summed E-state index contributed by atoms with van der Waals surface area (Å²) in [6.45, 7) is 6.94. The van der Waals surface area contributed by atoms with Gasteiger partial charge in [0.25, 0.3) is 0 Å². The number of alkyl halides is 3. The second kappa shape index (κ2) is 10.3. The number of carbonyl (C=O) groups is 2. The molecule has 0 saturated carbocycles. The maximum atomic E-state index is 12.3. The molecular weight excluding hydrogens is 409 g/mol. The van der Waals surface area contributed by atoms with E-state index < -0.39 is 12.1 Å². The predicted molar refractivity (Wildman–Crippen MR) is 113 cm³/mol. The van der Waals surface area contributed by atoms with Gasteiger partial charge in [-0.2, -0.15) is 13.2 Å². The third-order valence-electron chi connectivity index (χ3n) is 4.47. The van der Waals surface area contributed by atoms with Crippen molar-refractivity contribution in [2.75, 3.05) is 11.9 Å². The number of anilines is 1. The van der Waals surface area contributed by atoms with E-state index in [1.165, 1.54) is 23.8 Å². The van der Waals surface area contributed by atoms with Gasteiger partial charge in [0.2, 0.25) is 5.91 Å². The number of ether oxygens (including phenoxy) is 1. The number of nitrogens with one attached hydrogen (secondary N) is 2. The van der Waals surface area contributed by atoms with Crippen molar-refractivity contribution < 1.29 is 27.5 Å². The van der Waals surface area contributed by atoms with E-state index in [1.54, 1.807) is 11.4 Å². The van der Waals surface area contributed by atoms with E-state index in [4.69, 9.17) is 4.74 Å². The van der Waals surface area contributed by atoms with Crippen molar-refractivity contribution in [1.82, 2.24) is 5.32 Å². The maximum absolute atomic E-state index is 12.3. The van der Waals surface area contributed by atoms with Crippen LogP contribution in [0, 0.1) is 0 Å². The van der Waals surface area contributed by atoms with Crippen LogP contribution in [-0.4, -0.2) is 24.6 Å². The molecule has 0 aliphatic heterocycles. The van der Waals surface area contributed by atoms with Crippen LogP contribution in [0.4, 0.5) is 18.9 Å². The maximum Gasteiger partial charge on any atom is 0.471 e. The number of carbonyl (C=O) groups excluding carboxylic acids is 2. The molecule has 0 bridgehead atoms. The molecule has 2 aromatic rings. The number of benzene rings is 2. The fraction of sp³-hybridized carbons (Fsp3) is 0.391. The zero-order chi connectivity index (χ0) is 23.1. The quantitative estimate of drug-likeness (QED) is 0.575. The topological polar surface area (TPSA) is 67.4 Å². The number of hydrogen-bond acceptors (Lipinski definition) is 3. The molecule has 2 rings (SSSR count). The van der Waals surface area contributed by atoms with Crippen molar-refractivity contribution in [2.24, 2.45) is 0 Å². The van der Waals surface area contributed by atoms with Gasteiger partial charge in [0.1, 0.15) is 5.75 Å². The van der Waals surface area contributed by atoms with Gasteiger partial charge < -0.3 is 15.4 Å². The number of halogens is 3. The molecule has 0 heterocycles. The largest absolute Gasteiger partial charge is 0.494 e. The van der Waals surface area contributed by atoms with Crippen molar-refractivity contribution in [3.05, 3.63) is 59.7 Å². The highest BCUT2D eigenvalue weighted by Gasteiger charge is 2.38. The van der Waals surface area contributed by atoms with Gasteiger partial charge in [0.15, 0.2) is 0 Å². The molecule has 8 heteroatoms. The molecule has 0 spiro atoms. The minimum atomic E-state index is -4.96. The Labute approximate surface area is 180 Å². The van der Waals surface area contributed by atoms with Crippen LogP contribution >= 0.6 is 0 Å². The Hall–Kier alpha value is -3.03. The van der Waals surface area contributed by atoms with Crippen LogP contribution < -0.4 is 15.4 Å². The normalized spacial score (nSPS) is 11.7. The zero-order valence-corrected chi connectivity index (χ0v) is 17.8. The average molecular weight is 436 g/mol. The minimum Gasteiger partial charge on any atom is -0.494 e. The molecule has 0 fully saturated rings. The lowest BCUT2D eigenvalue weighted by Crippen LogP contribution is -2.30. The Bertz CT molecular complexity index is 888. The lowest BCUT2D eigenvalue weighted by atomic mass is 9.87. The van der Waals surface area contributed by atoms with Crippen LogP contribution in [0.5, 0.6) is 5.75 Å². The zero-order valence-electron chi connectivity index (χ0n) is 17.8. The molecule has 5 nitrogen and oxygen atoms in total. The van der Waals surface area contributed by atoms with E-state index in [0.29, 0.717) is 18.6 Å². The second-order valence-electron chi connectivity index (χ2n) is 8.16. The highest BCUT2D eigenvalue weighted by molar-refractivity contribution is 5.94. The minimum absolute atomic E-state index is 0.0138. The van der Waals surface area contributed by atoms with Crippen LogP contribution in [0.3, 0.4) is 0 Å². The van der Waals surface area contributed by atoms with Crippen LogP contribution in [-0.2, 0) is 21.5 Å². The van der Waals surface area contributed by atoms with Crippen LogP contribution in [0.25, 0.3) is 0 Å². The van der Waals surface area contributed by atoms with Crippen LogP contribution in [0.15, 0.2) is 48.5 Å². The van der Waals surface area contributed by atoms with Gasteiger partial charge in [-0.3, -0.25) is 9.59 Å². The van der Waals surface area contributed by atoms with E-state index >= 15 is 0 Å². The average Bonchev–Trinajstić information content (AvgIpc) is 2.69. The summed E-state index contributed by atoms with van der Waals surface area (Å²) < 4.78 is 42.6. The fourth-order valence-corrected chi connectivity index (χ4v) is 2.72. The molecule has 2 N–H and O–H groups in total. The summed E-state index contributed by atoms with van der Waals surface area (Å²) >= 11 is 0. The summed E-state index contributed by atoms with van der Waals surface area (Å²) in [4.78, 5) is 23.0. The predicted octanol–water partition coefficient (Wildman–Crippen LogP) is 4.96. The van der Waals surface area contributed by atoms with E-state index in [1.807, 2.05) is 24.3 Å². The van der Waals surface area contributed by atoms with Crippen molar-refractivity contribution in [3.63, 3.8) is 0 Å². The SMILES string of the molecule is CC(C)(C)c1ccc(OCCCC(=O)NCc2cccc(NC(=O)C(F)(F)F)c2)cc1. The first-order chi connectivity index (χ1) is 14.4. The molecule has 0 aliphatic rings. The molecular formula is C23H27F3N2O3. The highest BCUT2D eigenvalue weighted by atomic mass is 19.4. The van der Waals surface area contributed by atoms with Crippen molar-refractivity contribution in [1.29, 1.82) is 0 Å². The number of hydrogen-bond donors (Lipinski definition) is 2. The molecule has 168 valence electrons. The molecule has 0 radical (unpaired) electrons. The van der Waals surface area contributed by atoms with Crippen LogP contribution in [0.1, 0.15) is 44.7 Å². The highest BCUT2D eigenvalue weighted by Crippen LogP contribution is 2.24. The Morgan fingerprint density at radius 2 is 1.68 bits per heavy atom. The Kier molecular flexibility index (Phi) is 8.08. The molecule has 2 amide bonds. The van der Waals surface area contributed by atoms with E-state index in [2.05, 4.69) is 26.1 Å². The third kappa shape index (κ3) is 8.32. The molecule has 0 atom stereocenters. The number of rotatable bonds is 8. The summed E-state index contributed by atoms with van der Waals surface area (Å²) in [5.41, 5.74) is 1.87. The summed E-state index contributed by atoms with van der Waals surface area (Å²) in [6, 6.07) is 13.7. The lowest BCUT2D eigenvalue weighted by molar-refractivity contribution is -0.167. The smallest absolute Gasteiger partial charge is 0.471 e. The van der Waals surface area contributed by atoms with Gasteiger partial charge in [-0.05, 0) is 47.2 Å². The first-order valence-electron chi connectivity index (χ1n) is 9.92.